The number of nitrogens with zero attached hydrogens (tertiary/aromatic N) is 2. The first-order valence-corrected chi connectivity index (χ1v) is 13.6. The number of benzene rings is 2. The summed E-state index contributed by atoms with van der Waals surface area (Å²) in [4.78, 5) is 66.2. The van der Waals surface area contributed by atoms with Crippen molar-refractivity contribution in [3.05, 3.63) is 81.9 Å². The van der Waals surface area contributed by atoms with Crippen molar-refractivity contribution in [2.24, 2.45) is 0 Å². The molecule has 2 aliphatic rings. The monoisotopic (exact) mass is 582 g/mol. The Balaban J connectivity index is 1.44. The number of carboxylic acid groups (broad SMARTS) is 1. The molecule has 214 valence electrons. The Morgan fingerprint density at radius 1 is 1.12 bits per heavy atom. The molecule has 4 N–H and O–H groups in total. The second-order valence-corrected chi connectivity index (χ2v) is 12.1. The van der Waals surface area contributed by atoms with Crippen molar-refractivity contribution in [1.82, 2.24) is 20.1 Å². The molecule has 0 aliphatic carbocycles. The fraction of sp³-hybridized carbons (Fsp3) is 0.321. The van der Waals surface area contributed by atoms with Crippen LogP contribution in [0.3, 0.4) is 0 Å². The minimum atomic E-state index is -1.32. The van der Waals surface area contributed by atoms with Gasteiger partial charge >= 0.3 is 5.97 Å². The largest absolute Gasteiger partial charge is 0.480 e. The fourth-order valence-electron chi connectivity index (χ4n) is 5.36. The van der Waals surface area contributed by atoms with Crippen LogP contribution in [0.15, 0.2) is 59.5 Å². The van der Waals surface area contributed by atoms with E-state index in [1.54, 1.807) is 44.2 Å². The number of aliphatic hydroxyl groups is 1. The predicted molar refractivity (Wildman–Crippen MR) is 148 cm³/mol. The van der Waals surface area contributed by atoms with E-state index in [1.165, 1.54) is 33.5 Å². The number of hydrogen-bond donors (Lipinski definition) is 4. The summed E-state index contributed by atoms with van der Waals surface area (Å²) >= 11 is 1.26. The lowest BCUT2D eigenvalue weighted by Gasteiger charge is -2.44. The van der Waals surface area contributed by atoms with E-state index in [0.717, 1.165) is 12.1 Å². The number of hydrogen-bond acceptors (Lipinski definition) is 7. The van der Waals surface area contributed by atoms with Crippen molar-refractivity contribution in [3.8, 4) is 0 Å². The maximum absolute atomic E-state index is 14.0. The van der Waals surface area contributed by atoms with E-state index < -0.39 is 63.2 Å². The van der Waals surface area contributed by atoms with Crippen molar-refractivity contribution in [2.45, 2.75) is 48.6 Å². The van der Waals surface area contributed by atoms with E-state index in [0.29, 0.717) is 11.1 Å². The predicted octanol–water partition coefficient (Wildman–Crippen LogP) is 1.24. The molecule has 0 unspecified atom stereocenters. The minimum Gasteiger partial charge on any atom is -0.480 e. The van der Waals surface area contributed by atoms with Gasteiger partial charge in [-0.3, -0.25) is 19.2 Å². The van der Waals surface area contributed by atoms with Crippen LogP contribution >= 0.6 is 11.8 Å². The third kappa shape index (κ3) is 4.95. The summed E-state index contributed by atoms with van der Waals surface area (Å²) < 4.78 is 14.6. The Kier molecular flexibility index (Phi) is 7.34. The van der Waals surface area contributed by atoms with Gasteiger partial charge in [-0.1, -0.05) is 30.3 Å². The summed E-state index contributed by atoms with van der Waals surface area (Å²) in [5.74, 6) is -4.01. The highest BCUT2D eigenvalue weighted by atomic mass is 32.2. The van der Waals surface area contributed by atoms with Gasteiger partial charge in [0.15, 0.2) is 0 Å². The number of aliphatic carboxylic acids is 1. The average molecular weight is 583 g/mol. The summed E-state index contributed by atoms with van der Waals surface area (Å²) in [6.45, 7) is 3.15. The van der Waals surface area contributed by atoms with E-state index in [-0.39, 0.29) is 24.1 Å². The van der Waals surface area contributed by atoms with Crippen LogP contribution in [0.1, 0.15) is 35.8 Å². The number of pyridine rings is 1. The number of aliphatic hydroxyl groups excluding tert-OH is 1. The van der Waals surface area contributed by atoms with Crippen LogP contribution in [0, 0.1) is 5.82 Å². The molecule has 2 aromatic carbocycles. The zero-order valence-electron chi connectivity index (χ0n) is 22.0. The third-order valence-corrected chi connectivity index (χ3v) is 8.84. The maximum Gasteiger partial charge on any atom is 0.327 e. The number of carbonyl (C=O) groups is 4. The molecule has 2 aliphatic heterocycles. The molecule has 13 heteroatoms. The van der Waals surface area contributed by atoms with Crippen LogP contribution in [-0.2, 0) is 20.9 Å². The lowest BCUT2D eigenvalue weighted by atomic mass is 9.95. The van der Waals surface area contributed by atoms with E-state index in [2.05, 4.69) is 10.6 Å². The van der Waals surface area contributed by atoms with Gasteiger partial charge in [0.1, 0.15) is 34.9 Å². The van der Waals surface area contributed by atoms with Crippen LogP contribution in [0.5, 0.6) is 0 Å². The minimum absolute atomic E-state index is 0.0261. The number of β-lactam (4-membered cyclic amide) rings is 1. The number of aromatic nitrogens is 1. The Hall–Kier alpha value is -4.23. The summed E-state index contributed by atoms with van der Waals surface area (Å²) in [5, 5.41) is 23.7. The summed E-state index contributed by atoms with van der Waals surface area (Å²) in [6.07, 6.45) is 1.24. The Labute approximate surface area is 237 Å². The first-order chi connectivity index (χ1) is 19.4. The van der Waals surface area contributed by atoms with Gasteiger partial charge in [0, 0.05) is 22.9 Å². The first-order valence-electron chi connectivity index (χ1n) is 12.8. The molecule has 2 saturated heterocycles. The van der Waals surface area contributed by atoms with Gasteiger partial charge in [-0.25, -0.2) is 9.18 Å². The van der Waals surface area contributed by atoms with Crippen LogP contribution in [0.2, 0.25) is 0 Å². The SMILES string of the molecule is CC1(C)S[C@@H]2[C@H](NC(=O)[C@H](NC(=O)c3cn(CCO)c4ccc(F)cc4c3=O)c3ccccc3)C(=O)N2[C@H]1C(=O)O. The lowest BCUT2D eigenvalue weighted by Crippen LogP contribution is -2.71. The maximum atomic E-state index is 14.0. The van der Waals surface area contributed by atoms with Crippen LogP contribution in [0.25, 0.3) is 10.9 Å². The number of fused-ring (bicyclic) bond motifs is 2. The zero-order chi connectivity index (χ0) is 29.6. The molecule has 11 nitrogen and oxygen atoms in total. The van der Waals surface area contributed by atoms with E-state index >= 15 is 0 Å². The highest BCUT2D eigenvalue weighted by molar-refractivity contribution is 8.01. The highest BCUT2D eigenvalue weighted by Crippen LogP contribution is 2.50. The highest BCUT2D eigenvalue weighted by Gasteiger charge is 2.64. The molecule has 5 rings (SSSR count). The van der Waals surface area contributed by atoms with Crippen molar-refractivity contribution in [2.75, 3.05) is 6.61 Å². The molecule has 3 amide bonds. The number of carboxylic acids is 1. The molecule has 0 spiro atoms. The lowest BCUT2D eigenvalue weighted by molar-refractivity contribution is -0.161. The van der Waals surface area contributed by atoms with E-state index in [9.17, 15) is 38.6 Å². The first kappa shape index (κ1) is 28.3. The number of amides is 3. The summed E-state index contributed by atoms with van der Waals surface area (Å²) in [7, 11) is 0. The molecule has 0 saturated carbocycles. The van der Waals surface area contributed by atoms with Gasteiger partial charge in [0.25, 0.3) is 5.91 Å². The van der Waals surface area contributed by atoms with Crippen molar-refractivity contribution in [1.29, 1.82) is 0 Å². The number of rotatable bonds is 8. The number of halogens is 1. The second kappa shape index (κ2) is 10.6. The molecule has 1 aromatic heterocycles. The number of carbonyl (C=O) groups excluding carboxylic acids is 3. The quantitative estimate of drug-likeness (QED) is 0.289. The normalized spacial score (nSPS) is 21.6. The van der Waals surface area contributed by atoms with Gasteiger partial charge in [0.2, 0.25) is 17.2 Å². The van der Waals surface area contributed by atoms with Crippen molar-refractivity contribution >= 4 is 46.4 Å². The topological polar surface area (TPSA) is 158 Å². The fourth-order valence-corrected chi connectivity index (χ4v) is 6.99. The molecule has 3 heterocycles. The van der Waals surface area contributed by atoms with Crippen LogP contribution in [0.4, 0.5) is 4.39 Å². The summed E-state index contributed by atoms with van der Waals surface area (Å²) in [6, 6.07) is 8.34. The van der Waals surface area contributed by atoms with E-state index in [4.69, 9.17) is 0 Å². The van der Waals surface area contributed by atoms with Gasteiger partial charge < -0.3 is 30.3 Å². The molecular weight excluding hydrogens is 555 g/mol. The second-order valence-electron chi connectivity index (χ2n) is 10.4. The average Bonchev–Trinajstić information content (AvgIpc) is 3.20. The Bertz CT molecular complexity index is 1630. The smallest absolute Gasteiger partial charge is 0.327 e. The summed E-state index contributed by atoms with van der Waals surface area (Å²) in [5.41, 5.74) is -0.433. The van der Waals surface area contributed by atoms with Gasteiger partial charge in [-0.15, -0.1) is 11.8 Å². The van der Waals surface area contributed by atoms with Gasteiger partial charge in [-0.05, 0) is 37.6 Å². The van der Waals surface area contributed by atoms with Crippen molar-refractivity contribution < 1.29 is 33.8 Å². The van der Waals surface area contributed by atoms with Crippen LogP contribution < -0.4 is 16.1 Å². The number of nitrogens with one attached hydrogen (secondary N) is 2. The zero-order valence-corrected chi connectivity index (χ0v) is 22.9. The van der Waals surface area contributed by atoms with Gasteiger partial charge in [0.05, 0.1) is 12.1 Å². The van der Waals surface area contributed by atoms with Gasteiger partial charge in [-0.2, -0.15) is 0 Å². The molecule has 0 bridgehead atoms. The third-order valence-electron chi connectivity index (χ3n) is 7.27. The molecule has 0 radical (unpaired) electrons. The Morgan fingerprint density at radius 3 is 2.49 bits per heavy atom. The molecule has 4 atom stereocenters. The standard InChI is InChI=1S/C28H27FN4O7S/c1-28(2)22(27(39)40)33-25(38)20(26(33)41-28)31-24(37)19(14-6-4-3-5-7-14)30-23(36)17-13-32(10-11-34)18-9-8-15(29)12-16(18)21(17)35/h3-9,12-13,19-20,22,26,34H,10-11H2,1-2H3,(H,30,36)(H,31,37)(H,39,40)/t19-,20-,22+,26-/m1/s1. The van der Waals surface area contributed by atoms with E-state index in [1.807, 2.05) is 0 Å². The molecular formula is C28H27FN4O7S. The molecule has 3 aromatic rings. The van der Waals surface area contributed by atoms with Crippen LogP contribution in [-0.4, -0.2) is 72.2 Å². The van der Waals surface area contributed by atoms with Crippen molar-refractivity contribution in [3.63, 3.8) is 0 Å². The molecule has 2 fully saturated rings. The Morgan fingerprint density at radius 2 is 1.83 bits per heavy atom. The molecule has 41 heavy (non-hydrogen) atoms. The number of thioether (sulfide) groups is 1.